The summed E-state index contributed by atoms with van der Waals surface area (Å²) in [6, 6.07) is 0. The Hall–Kier alpha value is -0.0800. The first-order valence-corrected chi connectivity index (χ1v) is 5.99. The minimum Gasteiger partial charge on any atom is -0.380 e. The van der Waals surface area contributed by atoms with Gasteiger partial charge in [0, 0.05) is 18.7 Å². The van der Waals surface area contributed by atoms with Gasteiger partial charge in [-0.05, 0) is 39.0 Å². The van der Waals surface area contributed by atoms with Crippen molar-refractivity contribution in [3.63, 3.8) is 0 Å². The van der Waals surface area contributed by atoms with Crippen LogP contribution in [0.25, 0.3) is 0 Å². The van der Waals surface area contributed by atoms with Crippen molar-refractivity contribution in [3.8, 4) is 0 Å². The van der Waals surface area contributed by atoms with Gasteiger partial charge in [-0.15, -0.1) is 0 Å². The molecule has 0 aliphatic heterocycles. The van der Waals surface area contributed by atoms with E-state index in [1.54, 1.807) is 0 Å². The van der Waals surface area contributed by atoms with E-state index >= 15 is 0 Å². The molecule has 1 rings (SSSR count). The van der Waals surface area contributed by atoms with Crippen LogP contribution >= 0.6 is 0 Å². The molecule has 1 aliphatic carbocycles. The molecule has 1 saturated carbocycles. The van der Waals surface area contributed by atoms with Gasteiger partial charge in [0.05, 0.1) is 6.61 Å². The van der Waals surface area contributed by atoms with Gasteiger partial charge in [0.1, 0.15) is 0 Å². The predicted molar refractivity (Wildman–Crippen MR) is 60.5 cm³/mol. The molecule has 1 fully saturated rings. The van der Waals surface area contributed by atoms with Crippen molar-refractivity contribution >= 4 is 0 Å². The van der Waals surface area contributed by atoms with E-state index in [1.807, 2.05) is 0 Å². The quantitative estimate of drug-likeness (QED) is 0.607. The van der Waals surface area contributed by atoms with Crippen molar-refractivity contribution in [2.45, 2.75) is 52.0 Å². The fourth-order valence-electron chi connectivity index (χ4n) is 1.74. The molecule has 0 bridgehead atoms. The lowest BCUT2D eigenvalue weighted by molar-refractivity contribution is 0.125. The third-order valence-corrected chi connectivity index (χ3v) is 3.07. The molecule has 1 aliphatic rings. The van der Waals surface area contributed by atoms with Gasteiger partial charge in [-0.2, -0.15) is 0 Å². The Bertz CT molecular complexity index is 152. The summed E-state index contributed by atoms with van der Waals surface area (Å²) in [5, 5.41) is 3.57. The van der Waals surface area contributed by atoms with E-state index in [0.717, 1.165) is 25.7 Å². The van der Waals surface area contributed by atoms with Gasteiger partial charge in [-0.1, -0.05) is 13.3 Å². The lowest BCUT2D eigenvalue weighted by Crippen LogP contribution is -2.43. The van der Waals surface area contributed by atoms with Crippen molar-refractivity contribution in [1.29, 1.82) is 0 Å². The Labute approximate surface area is 88.4 Å². The molecule has 0 aromatic rings. The lowest BCUT2D eigenvalue weighted by Gasteiger charge is -2.26. The topological polar surface area (TPSA) is 21.3 Å². The van der Waals surface area contributed by atoms with E-state index in [9.17, 15) is 0 Å². The van der Waals surface area contributed by atoms with Crippen molar-refractivity contribution in [3.05, 3.63) is 0 Å². The number of hydrogen-bond acceptors (Lipinski definition) is 2. The number of rotatable bonds is 8. The van der Waals surface area contributed by atoms with Crippen LogP contribution in [0, 0.1) is 5.92 Å². The van der Waals surface area contributed by atoms with Crippen molar-refractivity contribution in [2.24, 2.45) is 5.92 Å². The Kier molecular flexibility index (Phi) is 4.90. The first kappa shape index (κ1) is 12.0. The Morgan fingerprint density at radius 1 is 1.29 bits per heavy atom. The average molecular weight is 199 g/mol. The van der Waals surface area contributed by atoms with E-state index < -0.39 is 0 Å². The molecule has 0 aromatic heterocycles. The molecular formula is C12H25NO. The zero-order valence-corrected chi connectivity index (χ0v) is 9.94. The van der Waals surface area contributed by atoms with Crippen molar-refractivity contribution < 1.29 is 4.74 Å². The van der Waals surface area contributed by atoms with Gasteiger partial charge >= 0.3 is 0 Å². The van der Waals surface area contributed by atoms with Crippen molar-refractivity contribution in [1.82, 2.24) is 5.32 Å². The molecular weight excluding hydrogens is 174 g/mol. The number of unbranched alkanes of at least 4 members (excludes halogenated alkanes) is 1. The zero-order chi connectivity index (χ0) is 10.4. The fourth-order valence-corrected chi connectivity index (χ4v) is 1.74. The van der Waals surface area contributed by atoms with E-state index in [4.69, 9.17) is 4.74 Å². The van der Waals surface area contributed by atoms with E-state index in [2.05, 4.69) is 26.1 Å². The number of nitrogens with one attached hydrogen (secondary N) is 1. The number of ether oxygens (including phenoxy) is 1. The molecule has 0 saturated heterocycles. The standard InChI is InChI=1S/C12H25NO/c1-4-5-9-14-10-8-13-12(2,3)11-6-7-11/h11,13H,4-10H2,1-3H3. The molecule has 0 amide bonds. The van der Waals surface area contributed by atoms with Crippen LogP contribution in [0.1, 0.15) is 46.5 Å². The predicted octanol–water partition coefficient (Wildman–Crippen LogP) is 2.58. The molecule has 14 heavy (non-hydrogen) atoms. The normalized spacial score (nSPS) is 17.4. The molecule has 1 N–H and O–H groups in total. The average Bonchev–Trinajstić information content (AvgIpc) is 2.94. The van der Waals surface area contributed by atoms with Crippen LogP contribution < -0.4 is 5.32 Å². The van der Waals surface area contributed by atoms with Gasteiger partial charge < -0.3 is 10.1 Å². The summed E-state index contributed by atoms with van der Waals surface area (Å²) in [4.78, 5) is 0. The summed E-state index contributed by atoms with van der Waals surface area (Å²) in [5.74, 6) is 0.901. The second-order valence-electron chi connectivity index (χ2n) is 4.89. The second-order valence-corrected chi connectivity index (χ2v) is 4.89. The summed E-state index contributed by atoms with van der Waals surface area (Å²) in [6.45, 7) is 9.57. The molecule has 2 nitrogen and oxygen atoms in total. The summed E-state index contributed by atoms with van der Waals surface area (Å²) in [6.07, 6.45) is 5.21. The van der Waals surface area contributed by atoms with E-state index in [-0.39, 0.29) is 0 Å². The van der Waals surface area contributed by atoms with Gasteiger partial charge in [0.25, 0.3) is 0 Å². The molecule has 0 radical (unpaired) electrons. The van der Waals surface area contributed by atoms with Gasteiger partial charge in [0.2, 0.25) is 0 Å². The number of hydrogen-bond donors (Lipinski definition) is 1. The molecule has 2 heteroatoms. The maximum absolute atomic E-state index is 5.51. The Morgan fingerprint density at radius 3 is 2.57 bits per heavy atom. The Morgan fingerprint density at radius 2 is 2.00 bits per heavy atom. The first-order valence-electron chi connectivity index (χ1n) is 5.99. The first-order chi connectivity index (χ1) is 6.67. The summed E-state index contributed by atoms with van der Waals surface area (Å²) in [5.41, 5.74) is 0.327. The molecule has 0 unspecified atom stereocenters. The lowest BCUT2D eigenvalue weighted by atomic mass is 9.99. The smallest absolute Gasteiger partial charge is 0.0591 e. The highest BCUT2D eigenvalue weighted by Gasteiger charge is 2.36. The van der Waals surface area contributed by atoms with Crippen molar-refractivity contribution in [2.75, 3.05) is 19.8 Å². The van der Waals surface area contributed by atoms with Gasteiger partial charge in [-0.3, -0.25) is 0 Å². The summed E-state index contributed by atoms with van der Waals surface area (Å²) >= 11 is 0. The highest BCUT2D eigenvalue weighted by molar-refractivity contribution is 4.94. The van der Waals surface area contributed by atoms with Gasteiger partial charge in [-0.25, -0.2) is 0 Å². The van der Waals surface area contributed by atoms with Crippen LogP contribution in [0.15, 0.2) is 0 Å². The molecule has 0 heterocycles. The maximum Gasteiger partial charge on any atom is 0.0591 e. The van der Waals surface area contributed by atoms with Crippen LogP contribution in [0.5, 0.6) is 0 Å². The molecule has 84 valence electrons. The minimum atomic E-state index is 0.327. The summed E-state index contributed by atoms with van der Waals surface area (Å²) in [7, 11) is 0. The van der Waals surface area contributed by atoms with Crippen LogP contribution in [-0.4, -0.2) is 25.3 Å². The third-order valence-electron chi connectivity index (χ3n) is 3.07. The SMILES string of the molecule is CCCCOCCNC(C)(C)C1CC1. The zero-order valence-electron chi connectivity index (χ0n) is 9.94. The second kappa shape index (κ2) is 5.72. The maximum atomic E-state index is 5.51. The molecule has 0 spiro atoms. The summed E-state index contributed by atoms with van der Waals surface area (Å²) < 4.78 is 5.51. The van der Waals surface area contributed by atoms with Crippen LogP contribution in [0.4, 0.5) is 0 Å². The largest absolute Gasteiger partial charge is 0.380 e. The van der Waals surface area contributed by atoms with Crippen LogP contribution in [0.3, 0.4) is 0 Å². The van der Waals surface area contributed by atoms with E-state index in [1.165, 1.54) is 25.7 Å². The monoisotopic (exact) mass is 199 g/mol. The molecule has 0 aromatic carbocycles. The third kappa shape index (κ3) is 4.43. The van der Waals surface area contributed by atoms with E-state index in [0.29, 0.717) is 5.54 Å². The highest BCUT2D eigenvalue weighted by Crippen LogP contribution is 2.38. The fraction of sp³-hybridized carbons (Fsp3) is 1.00. The Balaban J connectivity index is 1.92. The molecule has 0 atom stereocenters. The highest BCUT2D eigenvalue weighted by atomic mass is 16.5. The van der Waals surface area contributed by atoms with Gasteiger partial charge in [0.15, 0.2) is 0 Å². The minimum absolute atomic E-state index is 0.327. The van der Waals surface area contributed by atoms with Crippen LogP contribution in [-0.2, 0) is 4.74 Å². The van der Waals surface area contributed by atoms with Crippen LogP contribution in [0.2, 0.25) is 0 Å².